The number of carbonyl (C=O) groups excluding carboxylic acids is 2. The van der Waals surface area contributed by atoms with E-state index in [1.54, 1.807) is 28.0 Å². The number of hydrogen-bond donors (Lipinski definition) is 1. The predicted octanol–water partition coefficient (Wildman–Crippen LogP) is 3.96. The molecule has 0 bridgehead atoms. The molecular formula is C23H20ClFN4O3S. The molecule has 0 spiro atoms. The van der Waals surface area contributed by atoms with Gasteiger partial charge in [-0.3, -0.25) is 9.59 Å². The largest absolute Gasteiger partial charge is 0.491 e. The lowest BCUT2D eigenvalue weighted by atomic mass is 9.99. The van der Waals surface area contributed by atoms with Gasteiger partial charge in [-0.25, -0.2) is 9.37 Å². The fraction of sp³-hybridized carbons (Fsp3) is 0.261. The number of amides is 2. The minimum absolute atomic E-state index is 0.147. The second-order valence-corrected chi connectivity index (χ2v) is 9.32. The van der Waals surface area contributed by atoms with Crippen molar-refractivity contribution in [1.82, 2.24) is 14.8 Å². The zero-order valence-electron chi connectivity index (χ0n) is 17.5. The molecule has 1 aromatic heterocycles. The van der Waals surface area contributed by atoms with Gasteiger partial charge in [0.15, 0.2) is 10.9 Å². The lowest BCUT2D eigenvalue weighted by molar-refractivity contribution is -0.128. The topological polar surface area (TPSA) is 88.8 Å². The normalized spacial score (nSPS) is 18.2. The molecule has 1 fully saturated rings. The Labute approximate surface area is 198 Å². The molecule has 1 atom stereocenters. The summed E-state index contributed by atoms with van der Waals surface area (Å²) in [6.45, 7) is 5.15. The molecule has 0 unspecified atom stereocenters. The first kappa shape index (κ1) is 21.7. The Bertz CT molecular complexity index is 1310. The average Bonchev–Trinajstić information content (AvgIpc) is 3.21. The van der Waals surface area contributed by atoms with Crippen LogP contribution in [0, 0.1) is 5.82 Å². The van der Waals surface area contributed by atoms with E-state index in [4.69, 9.17) is 22.1 Å². The van der Waals surface area contributed by atoms with Crippen LogP contribution in [-0.2, 0) is 4.79 Å². The highest BCUT2D eigenvalue weighted by molar-refractivity contribution is 7.22. The summed E-state index contributed by atoms with van der Waals surface area (Å²) in [5.41, 5.74) is 7.78. The molecule has 33 heavy (non-hydrogen) atoms. The SMILES string of the molecule is C=CC(=O)N1CCN2C(=O)c3ccc(-c4ccc(F)c5sc(N)nc45)c(Cl)c3OCC[C@H]2C1. The molecule has 2 aromatic carbocycles. The number of thiazole rings is 1. The third-order valence-electron chi connectivity index (χ3n) is 6.06. The standard InChI is InChI=1S/C23H20ClFN4O3S/c1-2-17(30)28-8-9-29-12(11-28)7-10-32-20-15(22(29)31)4-3-13(18(20)24)14-5-6-16(25)21-19(14)27-23(26)33-21/h2-6,12H,1,7-11H2,(H2,26,27)/t12-/m0/s1. The number of halogens is 2. The molecule has 5 rings (SSSR count). The van der Waals surface area contributed by atoms with E-state index in [2.05, 4.69) is 11.6 Å². The van der Waals surface area contributed by atoms with Crippen molar-refractivity contribution in [3.63, 3.8) is 0 Å². The Balaban J connectivity index is 1.54. The van der Waals surface area contributed by atoms with Gasteiger partial charge < -0.3 is 20.3 Å². The highest BCUT2D eigenvalue weighted by Crippen LogP contribution is 2.43. The van der Waals surface area contributed by atoms with E-state index in [0.717, 1.165) is 11.3 Å². The number of nitrogens with two attached hydrogens (primary N) is 1. The molecular weight excluding hydrogens is 467 g/mol. The summed E-state index contributed by atoms with van der Waals surface area (Å²) in [4.78, 5) is 33.2. The van der Waals surface area contributed by atoms with Crippen molar-refractivity contribution in [3.05, 3.63) is 53.3 Å². The van der Waals surface area contributed by atoms with Gasteiger partial charge in [0, 0.05) is 37.2 Å². The summed E-state index contributed by atoms with van der Waals surface area (Å²) in [5.74, 6) is -0.456. The van der Waals surface area contributed by atoms with E-state index in [-0.39, 0.29) is 28.0 Å². The van der Waals surface area contributed by atoms with E-state index in [1.807, 2.05) is 0 Å². The molecule has 2 aliphatic heterocycles. The Morgan fingerprint density at radius 1 is 1.27 bits per heavy atom. The van der Waals surface area contributed by atoms with Gasteiger partial charge in [0.25, 0.3) is 5.91 Å². The van der Waals surface area contributed by atoms with Gasteiger partial charge in [0.1, 0.15) is 5.82 Å². The van der Waals surface area contributed by atoms with E-state index in [0.29, 0.717) is 65.3 Å². The first-order chi connectivity index (χ1) is 15.9. The van der Waals surface area contributed by atoms with Crippen LogP contribution in [-0.4, -0.2) is 58.9 Å². The maximum atomic E-state index is 14.3. The van der Waals surface area contributed by atoms with Crippen LogP contribution in [0.25, 0.3) is 21.3 Å². The summed E-state index contributed by atoms with van der Waals surface area (Å²) in [6, 6.07) is 6.19. The van der Waals surface area contributed by atoms with E-state index < -0.39 is 5.82 Å². The maximum absolute atomic E-state index is 14.3. The zero-order valence-corrected chi connectivity index (χ0v) is 19.1. The molecule has 2 N–H and O–H groups in total. The Morgan fingerprint density at radius 3 is 2.82 bits per heavy atom. The van der Waals surface area contributed by atoms with Crippen molar-refractivity contribution in [1.29, 1.82) is 0 Å². The van der Waals surface area contributed by atoms with Gasteiger partial charge in [0.2, 0.25) is 5.91 Å². The lowest BCUT2D eigenvalue weighted by Crippen LogP contribution is -2.57. The van der Waals surface area contributed by atoms with Gasteiger partial charge in [-0.2, -0.15) is 0 Å². The number of fused-ring (bicyclic) bond motifs is 3. The average molecular weight is 487 g/mol. The molecule has 3 heterocycles. The molecule has 10 heteroatoms. The minimum atomic E-state index is -0.406. The second-order valence-electron chi connectivity index (χ2n) is 7.91. The number of piperazine rings is 1. The number of aromatic nitrogens is 1. The number of ether oxygens (including phenoxy) is 1. The first-order valence-corrected chi connectivity index (χ1v) is 11.6. The highest BCUT2D eigenvalue weighted by Gasteiger charge is 2.35. The van der Waals surface area contributed by atoms with Crippen molar-refractivity contribution in [2.75, 3.05) is 32.0 Å². The van der Waals surface area contributed by atoms with E-state index in [1.165, 1.54) is 12.1 Å². The first-order valence-electron chi connectivity index (χ1n) is 10.4. The van der Waals surface area contributed by atoms with Crippen LogP contribution in [0.5, 0.6) is 5.75 Å². The minimum Gasteiger partial charge on any atom is -0.491 e. The smallest absolute Gasteiger partial charge is 0.258 e. The number of nitrogen functional groups attached to an aromatic ring is 1. The van der Waals surface area contributed by atoms with Crippen LogP contribution < -0.4 is 10.5 Å². The van der Waals surface area contributed by atoms with E-state index in [9.17, 15) is 14.0 Å². The van der Waals surface area contributed by atoms with Gasteiger partial charge >= 0.3 is 0 Å². The summed E-state index contributed by atoms with van der Waals surface area (Å²) >= 11 is 7.82. The van der Waals surface area contributed by atoms with Gasteiger partial charge in [-0.05, 0) is 24.3 Å². The van der Waals surface area contributed by atoms with Crippen molar-refractivity contribution in [3.8, 4) is 16.9 Å². The van der Waals surface area contributed by atoms with Crippen molar-refractivity contribution in [2.45, 2.75) is 12.5 Å². The molecule has 2 aliphatic rings. The molecule has 0 saturated carbocycles. The summed E-state index contributed by atoms with van der Waals surface area (Å²) in [5, 5.41) is 0.518. The number of rotatable bonds is 2. The monoisotopic (exact) mass is 486 g/mol. The quantitative estimate of drug-likeness (QED) is 0.554. The molecule has 7 nitrogen and oxygen atoms in total. The Morgan fingerprint density at radius 2 is 2.03 bits per heavy atom. The number of anilines is 1. The zero-order chi connectivity index (χ0) is 23.3. The predicted molar refractivity (Wildman–Crippen MR) is 126 cm³/mol. The molecule has 0 radical (unpaired) electrons. The molecule has 2 amide bonds. The van der Waals surface area contributed by atoms with Gasteiger partial charge in [-0.1, -0.05) is 35.6 Å². The van der Waals surface area contributed by atoms with Gasteiger partial charge in [-0.15, -0.1) is 0 Å². The molecule has 3 aromatic rings. The number of nitrogens with zero attached hydrogens (tertiary/aromatic N) is 3. The molecule has 170 valence electrons. The molecule has 1 saturated heterocycles. The summed E-state index contributed by atoms with van der Waals surface area (Å²) in [7, 11) is 0. The molecule has 0 aliphatic carbocycles. The van der Waals surface area contributed by atoms with Crippen LogP contribution in [0.1, 0.15) is 16.8 Å². The maximum Gasteiger partial charge on any atom is 0.258 e. The fourth-order valence-electron chi connectivity index (χ4n) is 4.43. The Hall–Kier alpha value is -3.17. The van der Waals surface area contributed by atoms with Crippen molar-refractivity contribution in [2.24, 2.45) is 0 Å². The van der Waals surface area contributed by atoms with Crippen LogP contribution >= 0.6 is 22.9 Å². The number of hydrogen-bond acceptors (Lipinski definition) is 6. The lowest BCUT2D eigenvalue weighted by Gasteiger charge is -2.42. The van der Waals surface area contributed by atoms with Gasteiger partial charge in [0.05, 0.1) is 33.5 Å². The third-order valence-corrected chi connectivity index (χ3v) is 7.33. The number of benzene rings is 2. The summed E-state index contributed by atoms with van der Waals surface area (Å²) < 4.78 is 20.6. The van der Waals surface area contributed by atoms with Crippen LogP contribution in [0.4, 0.5) is 9.52 Å². The number of carbonyl (C=O) groups is 2. The van der Waals surface area contributed by atoms with Crippen LogP contribution in [0.15, 0.2) is 36.9 Å². The Kier molecular flexibility index (Phi) is 5.46. The third kappa shape index (κ3) is 3.61. The van der Waals surface area contributed by atoms with Crippen LogP contribution in [0.2, 0.25) is 5.02 Å². The van der Waals surface area contributed by atoms with Crippen LogP contribution in [0.3, 0.4) is 0 Å². The summed E-state index contributed by atoms with van der Waals surface area (Å²) in [6.07, 6.45) is 1.84. The second kappa shape index (κ2) is 8.31. The fourth-order valence-corrected chi connectivity index (χ4v) is 5.52. The van der Waals surface area contributed by atoms with Crippen molar-refractivity contribution < 1.29 is 18.7 Å². The van der Waals surface area contributed by atoms with Crippen molar-refractivity contribution >= 4 is 50.1 Å². The van der Waals surface area contributed by atoms with E-state index >= 15 is 0 Å². The highest BCUT2D eigenvalue weighted by atomic mass is 35.5.